The van der Waals surface area contributed by atoms with E-state index in [1.54, 1.807) is 0 Å². The maximum absolute atomic E-state index is 6.51. The molecule has 0 aliphatic carbocycles. The molecule has 1 aromatic heterocycles. The monoisotopic (exact) mass is 296 g/mol. The Morgan fingerprint density at radius 3 is 2.40 bits per heavy atom. The number of nitrogens with two attached hydrogens (primary N) is 1. The molecular formula is C17H32N2S. The van der Waals surface area contributed by atoms with Crippen molar-refractivity contribution < 1.29 is 0 Å². The summed E-state index contributed by atoms with van der Waals surface area (Å²) >= 11 is 1.87. The first-order valence-electron chi connectivity index (χ1n) is 8.11. The Hall–Kier alpha value is -0.380. The van der Waals surface area contributed by atoms with Gasteiger partial charge in [0, 0.05) is 17.0 Å². The Balaban J connectivity index is 3.07. The van der Waals surface area contributed by atoms with E-state index < -0.39 is 0 Å². The van der Waals surface area contributed by atoms with Crippen LogP contribution in [0.15, 0.2) is 11.4 Å². The van der Waals surface area contributed by atoms with Crippen LogP contribution in [0, 0.1) is 6.92 Å². The highest BCUT2D eigenvalue weighted by molar-refractivity contribution is 7.10. The number of hydrogen-bond donors (Lipinski definition) is 1. The first-order valence-corrected chi connectivity index (χ1v) is 8.99. The van der Waals surface area contributed by atoms with Gasteiger partial charge in [-0.15, -0.1) is 11.3 Å². The van der Waals surface area contributed by atoms with Crippen molar-refractivity contribution in [2.24, 2.45) is 5.73 Å². The van der Waals surface area contributed by atoms with Gasteiger partial charge in [0.25, 0.3) is 0 Å². The second kappa shape index (κ2) is 8.81. The molecule has 20 heavy (non-hydrogen) atoms. The van der Waals surface area contributed by atoms with E-state index in [1.807, 2.05) is 11.3 Å². The molecule has 0 aliphatic heterocycles. The van der Waals surface area contributed by atoms with Crippen LogP contribution in [0.25, 0.3) is 0 Å². The van der Waals surface area contributed by atoms with Crippen LogP contribution >= 0.6 is 11.3 Å². The van der Waals surface area contributed by atoms with Crippen LogP contribution < -0.4 is 5.73 Å². The molecule has 1 rings (SSSR count). The third-order valence-electron chi connectivity index (χ3n) is 4.33. The molecule has 2 N–H and O–H groups in total. The lowest BCUT2D eigenvalue weighted by molar-refractivity contribution is 0.118. The summed E-state index contributed by atoms with van der Waals surface area (Å²) in [6.45, 7) is 12.5. The van der Waals surface area contributed by atoms with Gasteiger partial charge in [-0.1, -0.05) is 27.2 Å². The van der Waals surface area contributed by atoms with Crippen molar-refractivity contribution in [3.05, 3.63) is 21.9 Å². The van der Waals surface area contributed by atoms with E-state index >= 15 is 0 Å². The molecule has 0 amide bonds. The number of nitrogens with zero attached hydrogens (tertiary/aromatic N) is 1. The molecule has 1 heterocycles. The van der Waals surface area contributed by atoms with Crippen LogP contribution in [0.2, 0.25) is 0 Å². The molecule has 3 atom stereocenters. The maximum atomic E-state index is 6.51. The summed E-state index contributed by atoms with van der Waals surface area (Å²) in [6, 6.07) is 3.41. The number of thiophene rings is 1. The Bertz CT molecular complexity index is 375. The zero-order valence-corrected chi connectivity index (χ0v) is 14.7. The van der Waals surface area contributed by atoms with Gasteiger partial charge in [-0.25, -0.2) is 0 Å². The highest BCUT2D eigenvalue weighted by atomic mass is 32.1. The van der Waals surface area contributed by atoms with Gasteiger partial charge in [0.2, 0.25) is 0 Å². The third kappa shape index (κ3) is 4.31. The second-order valence-electron chi connectivity index (χ2n) is 5.83. The van der Waals surface area contributed by atoms with Crippen molar-refractivity contribution in [2.75, 3.05) is 6.54 Å². The smallest absolute Gasteiger partial charge is 0.0598 e. The number of aryl methyl sites for hydroxylation is 1. The standard InChI is InChI=1S/C17H32N2S/c1-6-9-11-19(14(5)7-2)16(15(18)8-3)17-13(4)10-12-20-17/h10,12,14-16H,6-9,11,18H2,1-5H3. The number of unbranched alkanes of at least 4 members (excludes halogenated alkanes) is 1. The highest BCUT2D eigenvalue weighted by Gasteiger charge is 2.30. The highest BCUT2D eigenvalue weighted by Crippen LogP contribution is 2.34. The average Bonchev–Trinajstić information content (AvgIpc) is 2.87. The van der Waals surface area contributed by atoms with Crippen LogP contribution in [-0.4, -0.2) is 23.5 Å². The predicted octanol–water partition coefficient (Wildman–Crippen LogP) is 4.74. The van der Waals surface area contributed by atoms with Crippen molar-refractivity contribution >= 4 is 11.3 Å². The van der Waals surface area contributed by atoms with E-state index in [2.05, 4.69) is 51.0 Å². The first kappa shape index (κ1) is 17.7. The van der Waals surface area contributed by atoms with Gasteiger partial charge in [-0.3, -0.25) is 4.90 Å². The van der Waals surface area contributed by atoms with Gasteiger partial charge < -0.3 is 5.73 Å². The minimum Gasteiger partial charge on any atom is -0.326 e. The Morgan fingerprint density at radius 2 is 1.95 bits per heavy atom. The van der Waals surface area contributed by atoms with Crippen LogP contribution in [-0.2, 0) is 0 Å². The van der Waals surface area contributed by atoms with E-state index in [4.69, 9.17) is 5.73 Å². The molecule has 0 fully saturated rings. The molecule has 0 aromatic carbocycles. The molecule has 0 spiro atoms. The van der Waals surface area contributed by atoms with E-state index in [0.29, 0.717) is 12.1 Å². The SMILES string of the molecule is CCCCN(C(C)CC)C(c1sccc1C)C(N)CC. The van der Waals surface area contributed by atoms with Crippen molar-refractivity contribution in [1.82, 2.24) is 4.90 Å². The van der Waals surface area contributed by atoms with Gasteiger partial charge in [0.1, 0.15) is 0 Å². The fourth-order valence-corrected chi connectivity index (χ4v) is 3.83. The van der Waals surface area contributed by atoms with Crippen molar-refractivity contribution in [1.29, 1.82) is 0 Å². The van der Waals surface area contributed by atoms with E-state index in [1.165, 1.54) is 29.7 Å². The van der Waals surface area contributed by atoms with Crippen LogP contribution in [0.5, 0.6) is 0 Å². The fourth-order valence-electron chi connectivity index (χ4n) is 2.71. The van der Waals surface area contributed by atoms with Gasteiger partial charge >= 0.3 is 0 Å². The Morgan fingerprint density at radius 1 is 1.25 bits per heavy atom. The first-order chi connectivity index (χ1) is 9.56. The summed E-state index contributed by atoms with van der Waals surface area (Å²) in [5, 5.41) is 2.20. The third-order valence-corrected chi connectivity index (χ3v) is 5.42. The molecule has 0 saturated carbocycles. The topological polar surface area (TPSA) is 29.3 Å². The summed E-state index contributed by atoms with van der Waals surface area (Å²) in [4.78, 5) is 4.12. The van der Waals surface area contributed by atoms with Gasteiger partial charge in [-0.05, 0) is 56.7 Å². The number of hydrogen-bond acceptors (Lipinski definition) is 3. The summed E-state index contributed by atoms with van der Waals surface area (Å²) in [7, 11) is 0. The normalized spacial score (nSPS) is 16.4. The number of rotatable bonds is 9. The fraction of sp³-hybridized carbons (Fsp3) is 0.765. The van der Waals surface area contributed by atoms with Gasteiger partial charge in [0.15, 0.2) is 0 Å². The lowest BCUT2D eigenvalue weighted by Crippen LogP contribution is -2.45. The van der Waals surface area contributed by atoms with Crippen LogP contribution in [0.4, 0.5) is 0 Å². The second-order valence-corrected chi connectivity index (χ2v) is 6.78. The minimum absolute atomic E-state index is 0.221. The summed E-state index contributed by atoms with van der Waals surface area (Å²) < 4.78 is 0. The Kier molecular flexibility index (Phi) is 7.78. The lowest BCUT2D eigenvalue weighted by atomic mass is 9.98. The molecule has 116 valence electrons. The summed E-state index contributed by atoms with van der Waals surface area (Å²) in [5.74, 6) is 0. The molecule has 3 heteroatoms. The van der Waals surface area contributed by atoms with Gasteiger partial charge in [-0.2, -0.15) is 0 Å². The largest absolute Gasteiger partial charge is 0.326 e. The molecule has 0 radical (unpaired) electrons. The quantitative estimate of drug-likeness (QED) is 0.713. The van der Waals surface area contributed by atoms with Gasteiger partial charge in [0.05, 0.1) is 6.04 Å². The zero-order chi connectivity index (χ0) is 15.1. The summed E-state index contributed by atoms with van der Waals surface area (Å²) in [5.41, 5.74) is 7.90. The lowest BCUT2D eigenvalue weighted by Gasteiger charge is -2.39. The van der Waals surface area contributed by atoms with Crippen molar-refractivity contribution in [3.8, 4) is 0 Å². The van der Waals surface area contributed by atoms with E-state index in [-0.39, 0.29) is 6.04 Å². The summed E-state index contributed by atoms with van der Waals surface area (Å²) in [6.07, 6.45) is 4.70. The van der Waals surface area contributed by atoms with Crippen LogP contribution in [0.3, 0.4) is 0 Å². The molecule has 3 unspecified atom stereocenters. The molecule has 0 bridgehead atoms. The Labute approximate surface area is 129 Å². The average molecular weight is 297 g/mol. The molecular weight excluding hydrogens is 264 g/mol. The van der Waals surface area contributed by atoms with Crippen LogP contribution in [0.1, 0.15) is 69.9 Å². The molecule has 0 saturated heterocycles. The predicted molar refractivity (Wildman–Crippen MR) is 91.4 cm³/mol. The van der Waals surface area contributed by atoms with E-state index in [0.717, 1.165) is 13.0 Å². The molecule has 1 aromatic rings. The molecule has 2 nitrogen and oxygen atoms in total. The van der Waals surface area contributed by atoms with Crippen molar-refractivity contribution in [3.63, 3.8) is 0 Å². The van der Waals surface area contributed by atoms with Crippen molar-refractivity contribution in [2.45, 2.75) is 78.4 Å². The molecule has 0 aliphatic rings. The maximum Gasteiger partial charge on any atom is 0.0598 e. The zero-order valence-electron chi connectivity index (χ0n) is 13.9. The van der Waals surface area contributed by atoms with E-state index in [9.17, 15) is 0 Å². The minimum atomic E-state index is 0.221.